The molecule has 0 aliphatic heterocycles. The molecule has 0 aliphatic carbocycles. The molecule has 1 aromatic heterocycles. The predicted molar refractivity (Wildman–Crippen MR) is 135 cm³/mol. The molecule has 4 aromatic rings. The average Bonchev–Trinajstić information content (AvgIpc) is 2.84. The third kappa shape index (κ3) is 5.55. The maximum atomic E-state index is 13.1. The summed E-state index contributed by atoms with van der Waals surface area (Å²) in [5.41, 5.74) is 2.06. The van der Waals surface area contributed by atoms with Gasteiger partial charge < -0.3 is 19.5 Å². The second kappa shape index (κ2) is 10.4. The van der Waals surface area contributed by atoms with Crippen LogP contribution in [0.5, 0.6) is 17.2 Å². The van der Waals surface area contributed by atoms with Gasteiger partial charge in [-0.15, -0.1) is 0 Å². The van der Waals surface area contributed by atoms with Gasteiger partial charge in [0.15, 0.2) is 22.6 Å². The molecule has 1 heterocycles. The van der Waals surface area contributed by atoms with Crippen molar-refractivity contribution in [2.45, 2.75) is 24.8 Å². The first-order chi connectivity index (χ1) is 16.4. The van der Waals surface area contributed by atoms with Crippen LogP contribution in [0, 0.1) is 0 Å². The molecule has 0 radical (unpaired) electrons. The summed E-state index contributed by atoms with van der Waals surface area (Å²) in [6.45, 7) is 3.91. The van der Waals surface area contributed by atoms with Gasteiger partial charge in [-0.05, 0) is 50.2 Å². The molecule has 34 heavy (non-hydrogen) atoms. The Morgan fingerprint density at radius 1 is 0.794 bits per heavy atom. The molecule has 0 amide bonds. The monoisotopic (exact) mass is 478 g/mol. The lowest BCUT2D eigenvalue weighted by atomic mass is 10.2. The Labute approximate surface area is 200 Å². The van der Waals surface area contributed by atoms with Crippen molar-refractivity contribution in [1.82, 2.24) is 9.97 Å². The highest BCUT2D eigenvalue weighted by molar-refractivity contribution is 7.86. The molecule has 3 aromatic carbocycles. The average molecular weight is 479 g/mol. The first kappa shape index (κ1) is 23.3. The number of fused-ring (bicyclic) bond motifs is 1. The Bertz CT molecular complexity index is 1290. The highest BCUT2D eigenvalue weighted by atomic mass is 32.2. The summed E-state index contributed by atoms with van der Waals surface area (Å²) in [4.78, 5) is 9.95. The van der Waals surface area contributed by atoms with Crippen molar-refractivity contribution in [3.05, 3.63) is 66.7 Å². The van der Waals surface area contributed by atoms with Crippen LogP contribution in [0.3, 0.4) is 0 Å². The lowest BCUT2D eigenvalue weighted by Gasteiger charge is -2.15. The largest absolute Gasteiger partial charge is 0.497 e. The van der Waals surface area contributed by atoms with Gasteiger partial charge in [-0.1, -0.05) is 12.1 Å². The van der Waals surface area contributed by atoms with E-state index in [0.29, 0.717) is 44.8 Å². The zero-order valence-corrected chi connectivity index (χ0v) is 20.2. The molecule has 0 fully saturated rings. The summed E-state index contributed by atoms with van der Waals surface area (Å²) in [6.07, 6.45) is 0.0613. The smallest absolute Gasteiger partial charge is 0.182 e. The Morgan fingerprint density at radius 3 is 1.94 bits per heavy atom. The van der Waals surface area contributed by atoms with Gasteiger partial charge in [0, 0.05) is 23.9 Å². The molecule has 0 saturated carbocycles. The molecule has 8 nitrogen and oxygen atoms in total. The van der Waals surface area contributed by atoms with E-state index in [2.05, 4.69) is 15.0 Å². The first-order valence-corrected chi connectivity index (χ1v) is 11.8. The summed E-state index contributed by atoms with van der Waals surface area (Å²) in [6, 6.07) is 20.0. The molecule has 9 heteroatoms. The van der Waals surface area contributed by atoms with Crippen molar-refractivity contribution < 1.29 is 18.4 Å². The van der Waals surface area contributed by atoms with Gasteiger partial charge in [-0.2, -0.15) is 0 Å². The second-order valence-corrected chi connectivity index (χ2v) is 8.86. The molecule has 0 bridgehead atoms. The van der Waals surface area contributed by atoms with E-state index in [1.807, 2.05) is 50.2 Å². The number of para-hydroxylation sites is 2. The number of anilines is 3. The number of methoxy groups -OCH3 is 2. The topological polar surface area (TPSA) is 94.6 Å². The second-order valence-electron chi connectivity index (χ2n) is 7.64. The van der Waals surface area contributed by atoms with Gasteiger partial charge in [-0.3, -0.25) is 4.72 Å². The van der Waals surface area contributed by atoms with Gasteiger partial charge >= 0.3 is 0 Å². The third-order valence-electron chi connectivity index (χ3n) is 4.78. The van der Waals surface area contributed by atoms with Crippen LogP contribution in [0.25, 0.3) is 11.0 Å². The Balaban J connectivity index is 1.66. The fourth-order valence-corrected chi connectivity index (χ4v) is 4.05. The normalized spacial score (nSPS) is 11.8. The molecule has 176 valence electrons. The van der Waals surface area contributed by atoms with Crippen molar-refractivity contribution in [3.63, 3.8) is 0 Å². The summed E-state index contributed by atoms with van der Waals surface area (Å²) in [5, 5.41) is 3.25. The van der Waals surface area contributed by atoms with E-state index in [0.717, 1.165) is 5.75 Å². The fourth-order valence-electron chi connectivity index (χ4n) is 3.24. The van der Waals surface area contributed by atoms with E-state index in [-0.39, 0.29) is 6.10 Å². The molecular formula is C25H26N4O4S. The summed E-state index contributed by atoms with van der Waals surface area (Å²) >= 11 is 0. The number of rotatable bonds is 9. The first-order valence-electron chi connectivity index (χ1n) is 10.7. The fraction of sp³-hybridized carbons (Fsp3) is 0.200. The molecule has 2 N–H and O–H groups in total. The van der Waals surface area contributed by atoms with E-state index in [9.17, 15) is 4.21 Å². The Hall–Kier alpha value is -3.85. The highest BCUT2D eigenvalue weighted by Crippen LogP contribution is 2.31. The summed E-state index contributed by atoms with van der Waals surface area (Å²) < 4.78 is 32.5. The van der Waals surface area contributed by atoms with Crippen LogP contribution < -0.4 is 24.2 Å². The van der Waals surface area contributed by atoms with Crippen LogP contribution in [0.15, 0.2) is 71.6 Å². The van der Waals surface area contributed by atoms with Crippen LogP contribution in [0.4, 0.5) is 17.3 Å². The predicted octanol–water partition coefficient (Wildman–Crippen LogP) is 5.31. The van der Waals surface area contributed by atoms with Crippen LogP contribution in [0.1, 0.15) is 13.8 Å². The number of nitrogens with one attached hydrogen (secondary N) is 2. The number of benzene rings is 3. The molecular weight excluding hydrogens is 452 g/mol. The zero-order chi connectivity index (χ0) is 24.1. The molecule has 0 aliphatic rings. The highest BCUT2D eigenvalue weighted by Gasteiger charge is 2.14. The zero-order valence-electron chi connectivity index (χ0n) is 19.4. The minimum absolute atomic E-state index is 0.0613. The quantitative estimate of drug-likeness (QED) is 0.336. The molecule has 0 spiro atoms. The molecule has 4 rings (SSSR count). The van der Waals surface area contributed by atoms with Gasteiger partial charge in [0.25, 0.3) is 0 Å². The van der Waals surface area contributed by atoms with Gasteiger partial charge in [0.1, 0.15) is 17.2 Å². The van der Waals surface area contributed by atoms with Crippen molar-refractivity contribution in [1.29, 1.82) is 0 Å². The molecule has 0 saturated heterocycles. The SMILES string of the molecule is COc1cc(Nc2nc3ccccc3nc2NS(=O)c2ccc(OC(C)C)cc2)cc(OC)c1. The minimum Gasteiger partial charge on any atom is -0.497 e. The van der Waals surface area contributed by atoms with E-state index in [1.54, 1.807) is 44.6 Å². The number of ether oxygens (including phenoxy) is 3. The molecule has 1 atom stereocenters. The number of hydrogen-bond donors (Lipinski definition) is 2. The third-order valence-corrected chi connectivity index (χ3v) is 5.86. The van der Waals surface area contributed by atoms with Crippen molar-refractivity contribution in [3.8, 4) is 17.2 Å². The van der Waals surface area contributed by atoms with E-state index < -0.39 is 11.0 Å². The maximum absolute atomic E-state index is 13.1. The van der Waals surface area contributed by atoms with Crippen LogP contribution in [0.2, 0.25) is 0 Å². The number of hydrogen-bond acceptors (Lipinski definition) is 7. The van der Waals surface area contributed by atoms with Crippen molar-refractivity contribution in [2.75, 3.05) is 24.3 Å². The number of aromatic nitrogens is 2. The van der Waals surface area contributed by atoms with Crippen LogP contribution >= 0.6 is 0 Å². The van der Waals surface area contributed by atoms with Crippen molar-refractivity contribution >= 4 is 39.3 Å². The Kier molecular flexibility index (Phi) is 7.12. The molecule has 1 unspecified atom stereocenters. The van der Waals surface area contributed by atoms with Gasteiger partial charge in [0.2, 0.25) is 0 Å². The van der Waals surface area contributed by atoms with Gasteiger partial charge in [-0.25, -0.2) is 14.2 Å². The van der Waals surface area contributed by atoms with E-state index in [4.69, 9.17) is 19.2 Å². The lowest BCUT2D eigenvalue weighted by molar-refractivity contribution is 0.242. The van der Waals surface area contributed by atoms with Crippen molar-refractivity contribution in [2.24, 2.45) is 0 Å². The van der Waals surface area contributed by atoms with Gasteiger partial charge in [0.05, 0.1) is 36.3 Å². The Morgan fingerprint density at radius 2 is 1.38 bits per heavy atom. The minimum atomic E-state index is -1.58. The summed E-state index contributed by atoms with van der Waals surface area (Å²) in [7, 11) is 1.59. The van der Waals surface area contributed by atoms with Crippen LogP contribution in [-0.2, 0) is 11.0 Å². The maximum Gasteiger partial charge on any atom is 0.182 e. The lowest BCUT2D eigenvalue weighted by Crippen LogP contribution is -2.10. The number of nitrogens with zero attached hydrogens (tertiary/aromatic N) is 2. The standard InChI is InChI=1S/C25H26N4O4S/c1-16(2)33-18-9-11-21(12-10-18)34(30)29-25-24(27-22-7-5-6-8-23(22)28-25)26-17-13-19(31-3)15-20(14-17)32-4/h5-16H,1-4H3,(H,26,27)(H,28,29). The van der Waals surface area contributed by atoms with E-state index >= 15 is 0 Å². The van der Waals surface area contributed by atoms with E-state index in [1.165, 1.54) is 0 Å². The van der Waals surface area contributed by atoms with Crippen LogP contribution in [-0.4, -0.2) is 34.5 Å². The summed E-state index contributed by atoms with van der Waals surface area (Å²) in [5.74, 6) is 2.73.